The Hall–Kier alpha value is -3.52. The number of rotatable bonds is 6. The molecule has 8 nitrogen and oxygen atoms in total. The highest BCUT2D eigenvalue weighted by atomic mass is 16.6. The molecular formula is C25H27N5O3. The number of fused-ring (bicyclic) bond motifs is 1. The summed E-state index contributed by atoms with van der Waals surface area (Å²) >= 11 is 0. The van der Waals surface area contributed by atoms with Crippen molar-refractivity contribution in [2.45, 2.75) is 39.3 Å². The van der Waals surface area contributed by atoms with Crippen LogP contribution in [0.2, 0.25) is 0 Å². The van der Waals surface area contributed by atoms with E-state index in [1.54, 1.807) is 12.1 Å². The molecule has 3 heterocycles. The van der Waals surface area contributed by atoms with Gasteiger partial charge in [0.2, 0.25) is 11.8 Å². The second-order valence-corrected chi connectivity index (χ2v) is 8.70. The van der Waals surface area contributed by atoms with E-state index in [4.69, 9.17) is 14.7 Å². The lowest BCUT2D eigenvalue weighted by molar-refractivity contribution is -0.384. The van der Waals surface area contributed by atoms with Gasteiger partial charge in [-0.05, 0) is 37.0 Å². The summed E-state index contributed by atoms with van der Waals surface area (Å²) in [7, 11) is 0. The average molecular weight is 446 g/mol. The number of nitro groups is 1. The van der Waals surface area contributed by atoms with Crippen LogP contribution in [-0.2, 0) is 19.5 Å². The number of aromatic nitrogens is 2. The number of ether oxygens (including phenoxy) is 1. The molecule has 2 aliphatic heterocycles. The van der Waals surface area contributed by atoms with Gasteiger partial charge >= 0.3 is 0 Å². The minimum Gasteiger partial charge on any atom is -0.438 e. The highest BCUT2D eigenvalue weighted by molar-refractivity contribution is 5.45. The van der Waals surface area contributed by atoms with Crippen molar-refractivity contribution in [1.29, 1.82) is 0 Å². The normalized spacial score (nSPS) is 16.0. The Morgan fingerprint density at radius 1 is 1.03 bits per heavy atom. The molecule has 3 aromatic rings. The van der Waals surface area contributed by atoms with Crippen LogP contribution in [0.5, 0.6) is 11.6 Å². The van der Waals surface area contributed by atoms with E-state index in [2.05, 4.69) is 9.80 Å². The topological polar surface area (TPSA) is 84.6 Å². The van der Waals surface area contributed by atoms with Gasteiger partial charge in [0.1, 0.15) is 5.75 Å². The first-order valence-corrected chi connectivity index (χ1v) is 11.4. The second kappa shape index (κ2) is 9.15. The maximum atomic E-state index is 10.9. The Labute approximate surface area is 193 Å². The number of non-ortho nitro benzene ring substituents is 1. The van der Waals surface area contributed by atoms with Gasteiger partial charge in [0.15, 0.2) is 0 Å². The zero-order valence-electron chi connectivity index (χ0n) is 18.7. The van der Waals surface area contributed by atoms with Crippen molar-refractivity contribution in [2.75, 3.05) is 24.5 Å². The third-order valence-corrected chi connectivity index (χ3v) is 6.33. The molecule has 0 amide bonds. The quantitative estimate of drug-likeness (QED) is 0.403. The zero-order chi connectivity index (χ0) is 22.8. The van der Waals surface area contributed by atoms with Crippen molar-refractivity contribution in [1.82, 2.24) is 14.9 Å². The van der Waals surface area contributed by atoms with Gasteiger partial charge in [-0.15, -0.1) is 0 Å². The van der Waals surface area contributed by atoms with Gasteiger partial charge in [0.25, 0.3) is 5.69 Å². The Balaban J connectivity index is 1.42. The van der Waals surface area contributed by atoms with Crippen LogP contribution in [-0.4, -0.2) is 39.4 Å². The molecule has 0 bridgehead atoms. The van der Waals surface area contributed by atoms with E-state index in [1.165, 1.54) is 0 Å². The number of hydrogen-bond donors (Lipinski definition) is 0. The van der Waals surface area contributed by atoms with E-state index >= 15 is 0 Å². The van der Waals surface area contributed by atoms with Crippen molar-refractivity contribution in [3.8, 4) is 11.6 Å². The molecule has 1 aromatic heterocycles. The Kier molecular flexibility index (Phi) is 5.92. The summed E-state index contributed by atoms with van der Waals surface area (Å²) in [5, 5.41) is 10.9. The predicted octanol–water partition coefficient (Wildman–Crippen LogP) is 4.64. The maximum absolute atomic E-state index is 10.9. The molecule has 1 fully saturated rings. The van der Waals surface area contributed by atoms with Crippen LogP contribution in [0.15, 0.2) is 48.5 Å². The monoisotopic (exact) mass is 445 g/mol. The van der Waals surface area contributed by atoms with Gasteiger partial charge in [-0.25, -0.2) is 4.98 Å². The van der Waals surface area contributed by atoms with Gasteiger partial charge in [-0.2, -0.15) is 4.98 Å². The fourth-order valence-corrected chi connectivity index (χ4v) is 4.46. The van der Waals surface area contributed by atoms with Crippen molar-refractivity contribution in [3.05, 3.63) is 81.0 Å². The van der Waals surface area contributed by atoms with E-state index in [9.17, 15) is 10.1 Å². The fraction of sp³-hybridized carbons (Fsp3) is 0.360. The second-order valence-electron chi connectivity index (χ2n) is 8.70. The zero-order valence-corrected chi connectivity index (χ0v) is 18.7. The van der Waals surface area contributed by atoms with E-state index in [0.717, 1.165) is 73.0 Å². The molecule has 0 aliphatic carbocycles. The third-order valence-electron chi connectivity index (χ3n) is 6.33. The summed E-state index contributed by atoms with van der Waals surface area (Å²) < 4.78 is 6.37. The first kappa shape index (κ1) is 21.3. The van der Waals surface area contributed by atoms with Crippen LogP contribution in [0.3, 0.4) is 0 Å². The summed E-state index contributed by atoms with van der Waals surface area (Å²) in [5.41, 5.74) is 4.29. The molecule has 2 aromatic carbocycles. The van der Waals surface area contributed by atoms with Gasteiger partial charge in [0, 0.05) is 51.3 Å². The molecule has 2 aliphatic rings. The molecule has 170 valence electrons. The van der Waals surface area contributed by atoms with E-state index < -0.39 is 0 Å². The number of para-hydroxylation sites is 1. The lowest BCUT2D eigenvalue weighted by Crippen LogP contribution is -2.32. The molecule has 8 heteroatoms. The Morgan fingerprint density at radius 3 is 2.52 bits per heavy atom. The van der Waals surface area contributed by atoms with Crippen LogP contribution >= 0.6 is 0 Å². The fourth-order valence-electron chi connectivity index (χ4n) is 4.46. The van der Waals surface area contributed by atoms with Crippen LogP contribution in [0.1, 0.15) is 35.2 Å². The molecule has 0 atom stereocenters. The van der Waals surface area contributed by atoms with Crippen LogP contribution in [0.25, 0.3) is 0 Å². The number of nitrogens with zero attached hydrogens (tertiary/aromatic N) is 5. The van der Waals surface area contributed by atoms with Crippen LogP contribution in [0, 0.1) is 17.0 Å². The summed E-state index contributed by atoms with van der Waals surface area (Å²) in [6, 6.07) is 14.7. The number of hydrogen-bond acceptors (Lipinski definition) is 7. The molecule has 0 radical (unpaired) electrons. The van der Waals surface area contributed by atoms with Crippen molar-refractivity contribution >= 4 is 11.6 Å². The summed E-state index contributed by atoms with van der Waals surface area (Å²) in [4.78, 5) is 24.9. The van der Waals surface area contributed by atoms with E-state index in [1.807, 2.05) is 43.3 Å². The van der Waals surface area contributed by atoms with Gasteiger partial charge < -0.3 is 9.64 Å². The number of benzene rings is 2. The average Bonchev–Trinajstić information content (AvgIpc) is 3.36. The lowest BCUT2D eigenvalue weighted by atomic mass is 10.1. The van der Waals surface area contributed by atoms with Crippen molar-refractivity contribution < 1.29 is 9.66 Å². The highest BCUT2D eigenvalue weighted by Crippen LogP contribution is 2.33. The van der Waals surface area contributed by atoms with Gasteiger partial charge in [-0.3, -0.25) is 15.0 Å². The van der Waals surface area contributed by atoms with Gasteiger partial charge in [-0.1, -0.05) is 30.3 Å². The molecule has 1 saturated heterocycles. The first-order chi connectivity index (χ1) is 16.1. The molecular weight excluding hydrogens is 418 g/mol. The molecule has 0 saturated carbocycles. The van der Waals surface area contributed by atoms with Crippen molar-refractivity contribution in [3.63, 3.8) is 0 Å². The minimum atomic E-state index is -0.370. The van der Waals surface area contributed by atoms with Crippen molar-refractivity contribution in [2.24, 2.45) is 0 Å². The van der Waals surface area contributed by atoms with Gasteiger partial charge in [0.05, 0.1) is 16.2 Å². The third kappa shape index (κ3) is 4.66. The van der Waals surface area contributed by atoms with Crippen LogP contribution in [0.4, 0.5) is 11.6 Å². The lowest BCUT2D eigenvalue weighted by Gasteiger charge is -2.30. The number of nitro benzene ring substituents is 1. The summed E-state index contributed by atoms with van der Waals surface area (Å²) in [6.45, 7) is 6.24. The number of anilines is 1. The highest BCUT2D eigenvalue weighted by Gasteiger charge is 2.26. The molecule has 0 unspecified atom stereocenters. The number of aryl methyl sites for hydroxylation is 1. The Bertz CT molecular complexity index is 1160. The maximum Gasteiger partial charge on any atom is 0.269 e. The summed E-state index contributed by atoms with van der Waals surface area (Å²) in [6.07, 6.45) is 3.14. The van der Waals surface area contributed by atoms with Crippen LogP contribution < -0.4 is 9.64 Å². The molecule has 5 rings (SSSR count). The molecule has 33 heavy (non-hydrogen) atoms. The minimum absolute atomic E-state index is 0.111. The molecule has 0 spiro atoms. The smallest absolute Gasteiger partial charge is 0.269 e. The standard InChI is InChI=1S/C25H27N5O3/c1-18-6-2-3-7-23(18)33-24-21-17-28(16-19-8-10-20(11-9-19)30(31)32)15-12-22(21)26-25(27-24)29-13-4-5-14-29/h2-3,6-11H,4-5,12-17H2,1H3. The molecule has 0 N–H and O–H groups in total. The SMILES string of the molecule is Cc1ccccc1Oc1nc(N2CCCC2)nc2c1CN(Cc1ccc([N+](=O)[O-])cc1)CC2. The largest absolute Gasteiger partial charge is 0.438 e. The van der Waals surface area contributed by atoms with E-state index in [-0.39, 0.29) is 10.6 Å². The summed E-state index contributed by atoms with van der Waals surface area (Å²) in [5.74, 6) is 2.20. The predicted molar refractivity (Wildman–Crippen MR) is 126 cm³/mol. The first-order valence-electron chi connectivity index (χ1n) is 11.4. The van der Waals surface area contributed by atoms with E-state index in [0.29, 0.717) is 19.0 Å². The Morgan fingerprint density at radius 2 is 1.79 bits per heavy atom.